The second-order valence-electron chi connectivity index (χ2n) is 8.72. The lowest BCUT2D eigenvalue weighted by Gasteiger charge is -2.01. The third kappa shape index (κ3) is 2.35. The molecule has 0 fully saturated rings. The van der Waals surface area contributed by atoms with Crippen LogP contribution >= 0.6 is 0 Å². The molecule has 0 atom stereocenters. The lowest BCUT2D eigenvalue weighted by molar-refractivity contribution is 0.0688. The minimum Gasteiger partial charge on any atom is -0.478 e. The summed E-state index contributed by atoms with van der Waals surface area (Å²) in [5.74, 6) is -3.26. The first-order chi connectivity index (χ1) is 17.4. The van der Waals surface area contributed by atoms with Crippen molar-refractivity contribution in [2.24, 2.45) is 0 Å². The average molecular weight is 477 g/mol. The van der Waals surface area contributed by atoms with Gasteiger partial charge in [0.2, 0.25) is 0 Å². The van der Waals surface area contributed by atoms with Crippen molar-refractivity contribution >= 4 is 83.3 Å². The molecule has 0 radical (unpaired) electrons. The van der Waals surface area contributed by atoms with Gasteiger partial charge in [0.05, 0.1) is 49.8 Å². The zero-order chi connectivity index (χ0) is 24.9. The molecule has 3 heterocycles. The van der Waals surface area contributed by atoms with Crippen molar-refractivity contribution in [3.63, 3.8) is 0 Å². The molecule has 4 aromatic carbocycles. The fraction of sp³-hybridized carbons (Fsp3) is 0. The van der Waals surface area contributed by atoms with Crippen LogP contribution < -0.4 is 0 Å². The number of fused-ring (bicyclic) bond motifs is 12. The van der Waals surface area contributed by atoms with Gasteiger partial charge >= 0.3 is 17.9 Å². The number of benzene rings is 4. The Balaban J connectivity index is 1.86. The van der Waals surface area contributed by atoms with Crippen LogP contribution in [0.15, 0.2) is 54.6 Å². The van der Waals surface area contributed by atoms with Crippen molar-refractivity contribution in [2.75, 3.05) is 0 Å². The molecule has 0 aliphatic carbocycles. The molecule has 174 valence electrons. The van der Waals surface area contributed by atoms with Crippen LogP contribution in [-0.4, -0.2) is 48.2 Å². The van der Waals surface area contributed by atoms with Gasteiger partial charge in [0.15, 0.2) is 0 Å². The quantitative estimate of drug-likeness (QED) is 0.192. The second-order valence-corrected chi connectivity index (χ2v) is 8.72. The van der Waals surface area contributed by atoms with E-state index in [9.17, 15) is 29.7 Å². The van der Waals surface area contributed by atoms with Gasteiger partial charge in [0, 0.05) is 32.3 Å². The normalized spacial score (nSPS) is 12.0. The van der Waals surface area contributed by atoms with Gasteiger partial charge in [-0.25, -0.2) is 14.4 Å². The number of aromatic carboxylic acids is 3. The van der Waals surface area contributed by atoms with E-state index in [1.165, 1.54) is 18.2 Å². The minimum absolute atomic E-state index is 0.0923. The molecule has 0 aliphatic rings. The van der Waals surface area contributed by atoms with E-state index in [1.54, 1.807) is 24.3 Å². The Morgan fingerprint density at radius 3 is 1.19 bits per heavy atom. The van der Waals surface area contributed by atoms with E-state index in [1.807, 2.05) is 12.1 Å². The Hall–Kier alpha value is -5.31. The summed E-state index contributed by atoms with van der Waals surface area (Å²) in [6.07, 6.45) is 0. The number of rotatable bonds is 3. The first-order valence-electron chi connectivity index (χ1n) is 11.0. The second kappa shape index (κ2) is 6.63. The van der Waals surface area contributed by atoms with Crippen LogP contribution in [0.25, 0.3) is 65.4 Å². The monoisotopic (exact) mass is 477 g/mol. The van der Waals surface area contributed by atoms with Gasteiger partial charge in [-0.2, -0.15) is 0 Å². The number of carboxylic acid groups (broad SMARTS) is 3. The highest BCUT2D eigenvalue weighted by molar-refractivity contribution is 6.40. The van der Waals surface area contributed by atoms with Crippen molar-refractivity contribution < 1.29 is 29.7 Å². The number of carboxylic acids is 3. The molecule has 3 aromatic heterocycles. The number of nitrogens with one attached hydrogen (secondary N) is 3. The molecule has 0 amide bonds. The SMILES string of the molecule is O=C(O)c1cccc2c1[nH]c1c3[nH]c4c(C(=O)O)cccc4c3c3c4cccc(C(=O)O)c4[nH]c3c21. The first-order valence-corrected chi connectivity index (χ1v) is 11.0. The summed E-state index contributed by atoms with van der Waals surface area (Å²) in [6.45, 7) is 0. The van der Waals surface area contributed by atoms with Crippen LogP contribution in [0.2, 0.25) is 0 Å². The fourth-order valence-corrected chi connectivity index (χ4v) is 5.53. The first kappa shape index (κ1) is 20.1. The third-order valence-corrected chi connectivity index (χ3v) is 6.94. The number of para-hydroxylation sites is 3. The number of hydrogen-bond donors (Lipinski definition) is 6. The minimum atomic E-state index is -1.09. The topological polar surface area (TPSA) is 159 Å². The Kier molecular flexibility index (Phi) is 3.70. The molecule has 0 aliphatic heterocycles. The van der Waals surface area contributed by atoms with Gasteiger partial charge in [-0.15, -0.1) is 0 Å². The largest absolute Gasteiger partial charge is 0.478 e. The standard InChI is InChI=1S/C27H15N3O6/c31-25(32)13-7-1-4-10-16-17-11-5-2-8-14(26(33)34)20(11)29-23(17)24-18(22(16)28-19(10)13)12-6-3-9-15(27(35)36)21(12)30-24/h1-9,28-30H,(H,31,32)(H,33,34)(H,35,36). The van der Waals surface area contributed by atoms with E-state index in [-0.39, 0.29) is 16.7 Å². The molecule has 0 spiro atoms. The van der Waals surface area contributed by atoms with Crippen molar-refractivity contribution in [1.29, 1.82) is 0 Å². The molecule has 7 aromatic rings. The lowest BCUT2D eigenvalue weighted by Crippen LogP contribution is -1.96. The number of carbonyl (C=O) groups is 3. The Bertz CT molecular complexity index is 2140. The van der Waals surface area contributed by atoms with Crippen LogP contribution in [0.3, 0.4) is 0 Å². The van der Waals surface area contributed by atoms with E-state index in [4.69, 9.17) is 0 Å². The van der Waals surface area contributed by atoms with Gasteiger partial charge < -0.3 is 30.3 Å². The summed E-state index contributed by atoms with van der Waals surface area (Å²) in [4.78, 5) is 45.8. The smallest absolute Gasteiger partial charge is 0.337 e. The summed E-state index contributed by atoms with van der Waals surface area (Å²) in [7, 11) is 0. The summed E-state index contributed by atoms with van der Waals surface area (Å²) in [6, 6.07) is 15.0. The van der Waals surface area contributed by atoms with Crippen molar-refractivity contribution in [3.05, 3.63) is 71.3 Å². The van der Waals surface area contributed by atoms with Crippen molar-refractivity contribution in [2.45, 2.75) is 0 Å². The van der Waals surface area contributed by atoms with Gasteiger partial charge in [-0.3, -0.25) is 0 Å². The van der Waals surface area contributed by atoms with Gasteiger partial charge in [0.25, 0.3) is 0 Å². The molecular weight excluding hydrogens is 462 g/mol. The highest BCUT2D eigenvalue weighted by Crippen LogP contribution is 2.45. The van der Waals surface area contributed by atoms with Crippen LogP contribution in [0.1, 0.15) is 31.1 Å². The molecule has 36 heavy (non-hydrogen) atoms. The molecule has 7 rings (SSSR count). The molecule has 0 bridgehead atoms. The van der Waals surface area contributed by atoms with Gasteiger partial charge in [0.1, 0.15) is 0 Å². The molecule has 9 heteroatoms. The van der Waals surface area contributed by atoms with Crippen LogP contribution in [0.4, 0.5) is 0 Å². The van der Waals surface area contributed by atoms with Crippen LogP contribution in [0.5, 0.6) is 0 Å². The van der Waals surface area contributed by atoms with E-state index in [0.29, 0.717) is 60.0 Å². The van der Waals surface area contributed by atoms with E-state index >= 15 is 0 Å². The predicted molar refractivity (Wildman–Crippen MR) is 135 cm³/mol. The number of aromatic amines is 3. The molecule has 0 unspecified atom stereocenters. The summed E-state index contributed by atoms with van der Waals surface area (Å²) < 4.78 is 0. The summed E-state index contributed by atoms with van der Waals surface area (Å²) in [5.41, 5.74) is 3.40. The molecule has 0 saturated heterocycles. The molecular formula is C27H15N3O6. The van der Waals surface area contributed by atoms with Crippen LogP contribution in [0, 0.1) is 0 Å². The van der Waals surface area contributed by atoms with Gasteiger partial charge in [-0.05, 0) is 18.2 Å². The number of aromatic nitrogens is 3. The highest BCUT2D eigenvalue weighted by atomic mass is 16.4. The fourth-order valence-electron chi connectivity index (χ4n) is 5.53. The Labute approximate surface area is 199 Å². The van der Waals surface area contributed by atoms with Crippen molar-refractivity contribution in [1.82, 2.24) is 15.0 Å². The average Bonchev–Trinajstić information content (AvgIpc) is 3.53. The van der Waals surface area contributed by atoms with E-state index < -0.39 is 17.9 Å². The molecule has 0 saturated carbocycles. The Morgan fingerprint density at radius 1 is 0.444 bits per heavy atom. The summed E-state index contributed by atoms with van der Waals surface area (Å²) >= 11 is 0. The van der Waals surface area contributed by atoms with E-state index in [2.05, 4.69) is 15.0 Å². The summed E-state index contributed by atoms with van der Waals surface area (Å²) in [5, 5.41) is 33.5. The van der Waals surface area contributed by atoms with Crippen LogP contribution in [-0.2, 0) is 0 Å². The zero-order valence-corrected chi connectivity index (χ0v) is 18.3. The predicted octanol–water partition coefficient (Wildman–Crippen LogP) is 5.68. The number of H-pyrrole nitrogens is 3. The number of hydrogen-bond acceptors (Lipinski definition) is 3. The van der Waals surface area contributed by atoms with Crippen molar-refractivity contribution in [3.8, 4) is 0 Å². The Morgan fingerprint density at radius 2 is 0.778 bits per heavy atom. The highest BCUT2D eigenvalue weighted by Gasteiger charge is 2.25. The maximum atomic E-state index is 12.0. The van der Waals surface area contributed by atoms with E-state index in [0.717, 1.165) is 5.39 Å². The maximum absolute atomic E-state index is 12.0. The zero-order valence-electron chi connectivity index (χ0n) is 18.3. The molecule has 6 N–H and O–H groups in total. The lowest BCUT2D eigenvalue weighted by atomic mass is 9.99. The van der Waals surface area contributed by atoms with Gasteiger partial charge in [-0.1, -0.05) is 36.4 Å². The molecule has 9 nitrogen and oxygen atoms in total. The maximum Gasteiger partial charge on any atom is 0.337 e. The third-order valence-electron chi connectivity index (χ3n) is 6.94.